The molecule has 0 aliphatic carbocycles. The fourth-order valence-corrected chi connectivity index (χ4v) is 7.78. The SMILES string of the molecule is Cc1ccc2nc(N(/N=C/c3ccc(Br)cc3)C(=O)c3ccc(S(=O)(=O)N4CC(C)CC(C)C4)cc3)sc2c1. The van der Waals surface area contributed by atoms with E-state index in [1.165, 1.54) is 28.5 Å². The first kappa shape index (κ1) is 27.6. The molecule has 7 nitrogen and oxygen atoms in total. The summed E-state index contributed by atoms with van der Waals surface area (Å²) in [5.41, 5.74) is 3.02. The molecule has 1 aliphatic rings. The zero-order valence-electron chi connectivity index (χ0n) is 21.9. The van der Waals surface area contributed by atoms with Gasteiger partial charge in [-0.25, -0.2) is 13.4 Å². The number of benzene rings is 3. The number of thiazole rings is 1. The maximum absolute atomic E-state index is 13.7. The second-order valence-electron chi connectivity index (χ2n) is 10.2. The predicted molar refractivity (Wildman–Crippen MR) is 161 cm³/mol. The van der Waals surface area contributed by atoms with Gasteiger partial charge in [0.2, 0.25) is 15.2 Å². The van der Waals surface area contributed by atoms with Gasteiger partial charge < -0.3 is 0 Å². The maximum Gasteiger partial charge on any atom is 0.280 e. The lowest BCUT2D eigenvalue weighted by Gasteiger charge is -2.34. The lowest BCUT2D eigenvalue weighted by atomic mass is 9.94. The molecule has 1 aromatic heterocycles. The number of nitrogens with zero attached hydrogens (tertiary/aromatic N) is 4. The predicted octanol–water partition coefficient (Wildman–Crippen LogP) is 6.71. The number of amides is 1. The molecule has 0 spiro atoms. The second kappa shape index (κ2) is 11.3. The monoisotopic (exact) mass is 624 g/mol. The van der Waals surface area contributed by atoms with Crippen molar-refractivity contribution in [2.24, 2.45) is 16.9 Å². The summed E-state index contributed by atoms with van der Waals surface area (Å²) in [5.74, 6) is 0.210. The number of aryl methyl sites for hydroxylation is 1. The standard InChI is InChI=1S/C29H29BrN4O3S2/c1-19-4-13-26-27(15-19)38-29(32-26)34(31-16-22-5-9-24(30)10-6-22)28(35)23-7-11-25(12-8-23)39(36,37)33-17-20(2)14-21(3)18-33/h4-13,15-16,20-21H,14,17-18H2,1-3H3/b31-16+. The molecule has 202 valence electrons. The van der Waals surface area contributed by atoms with Crippen LogP contribution < -0.4 is 5.01 Å². The number of halogens is 1. The number of fused-ring (bicyclic) bond motifs is 1. The van der Waals surface area contributed by atoms with Crippen molar-refractivity contribution in [3.8, 4) is 0 Å². The van der Waals surface area contributed by atoms with Gasteiger partial charge in [0.05, 0.1) is 21.3 Å². The van der Waals surface area contributed by atoms with E-state index in [1.54, 1.807) is 22.7 Å². The van der Waals surface area contributed by atoms with Crippen molar-refractivity contribution in [3.63, 3.8) is 0 Å². The van der Waals surface area contributed by atoms with E-state index in [1.807, 2.05) is 49.4 Å². The fourth-order valence-electron chi connectivity index (χ4n) is 4.82. The molecule has 10 heteroatoms. The van der Waals surface area contributed by atoms with Crippen molar-refractivity contribution in [2.75, 3.05) is 18.1 Å². The van der Waals surface area contributed by atoms with Gasteiger partial charge in [0.25, 0.3) is 5.91 Å². The molecule has 0 N–H and O–H groups in total. The molecule has 1 fully saturated rings. The number of aromatic nitrogens is 1. The highest BCUT2D eigenvalue weighted by Crippen LogP contribution is 2.31. The number of hydrogen-bond acceptors (Lipinski definition) is 6. The summed E-state index contributed by atoms with van der Waals surface area (Å²) in [6, 6.07) is 19.6. The molecule has 2 heterocycles. The minimum Gasteiger partial charge on any atom is -0.267 e. The number of hydrazone groups is 1. The Bertz CT molecular complexity index is 1620. The molecule has 1 amide bonds. The van der Waals surface area contributed by atoms with Crippen LogP contribution in [0.4, 0.5) is 5.13 Å². The van der Waals surface area contributed by atoms with E-state index in [2.05, 4.69) is 39.9 Å². The summed E-state index contributed by atoms with van der Waals surface area (Å²) >= 11 is 4.81. The quantitative estimate of drug-likeness (QED) is 0.176. The first-order valence-electron chi connectivity index (χ1n) is 12.7. The summed E-state index contributed by atoms with van der Waals surface area (Å²) in [7, 11) is -3.65. The van der Waals surface area contributed by atoms with Crippen LogP contribution in [0.2, 0.25) is 0 Å². The number of anilines is 1. The second-order valence-corrected chi connectivity index (χ2v) is 14.0. The molecule has 4 aromatic rings. The van der Waals surface area contributed by atoms with E-state index in [0.29, 0.717) is 35.6 Å². The molecule has 5 rings (SSSR count). The van der Waals surface area contributed by atoms with E-state index >= 15 is 0 Å². The van der Waals surface area contributed by atoms with Crippen LogP contribution in [-0.2, 0) is 10.0 Å². The van der Waals surface area contributed by atoms with Crippen LogP contribution in [0.15, 0.2) is 81.2 Å². The number of carbonyl (C=O) groups is 1. The van der Waals surface area contributed by atoms with Gasteiger partial charge in [-0.15, -0.1) is 0 Å². The molecule has 2 unspecified atom stereocenters. The van der Waals surface area contributed by atoms with Crippen LogP contribution in [0.1, 0.15) is 41.8 Å². The minimum atomic E-state index is -3.65. The minimum absolute atomic E-state index is 0.181. The Kier molecular flexibility index (Phi) is 8.00. The first-order chi connectivity index (χ1) is 18.6. The van der Waals surface area contributed by atoms with Crippen molar-refractivity contribution < 1.29 is 13.2 Å². The number of hydrogen-bond donors (Lipinski definition) is 0. The Morgan fingerprint density at radius 2 is 1.72 bits per heavy atom. The third kappa shape index (κ3) is 6.14. The first-order valence-corrected chi connectivity index (χ1v) is 15.8. The van der Waals surface area contributed by atoms with Crippen LogP contribution in [0, 0.1) is 18.8 Å². The lowest BCUT2D eigenvalue weighted by Crippen LogP contribution is -2.42. The summed E-state index contributed by atoms with van der Waals surface area (Å²) in [6.07, 6.45) is 2.63. The van der Waals surface area contributed by atoms with Crippen molar-refractivity contribution >= 4 is 64.8 Å². The number of sulfonamides is 1. The van der Waals surface area contributed by atoms with E-state index in [9.17, 15) is 13.2 Å². The van der Waals surface area contributed by atoms with Gasteiger partial charge in [-0.1, -0.05) is 59.3 Å². The Hall–Kier alpha value is -2.92. The number of rotatable bonds is 6. The van der Waals surface area contributed by atoms with Crippen molar-refractivity contribution in [2.45, 2.75) is 32.1 Å². The Balaban J connectivity index is 1.46. The number of carbonyl (C=O) groups excluding carboxylic acids is 1. The molecule has 0 radical (unpaired) electrons. The smallest absolute Gasteiger partial charge is 0.267 e. The molecule has 3 aromatic carbocycles. The summed E-state index contributed by atoms with van der Waals surface area (Å²) < 4.78 is 30.1. The number of piperidine rings is 1. The Morgan fingerprint density at radius 3 is 2.38 bits per heavy atom. The van der Waals surface area contributed by atoms with Crippen molar-refractivity contribution in [1.29, 1.82) is 0 Å². The van der Waals surface area contributed by atoms with E-state index in [0.717, 1.165) is 32.2 Å². The van der Waals surface area contributed by atoms with E-state index < -0.39 is 15.9 Å². The average molecular weight is 626 g/mol. The van der Waals surface area contributed by atoms with Crippen LogP contribution in [-0.4, -0.2) is 42.9 Å². The third-order valence-corrected chi connectivity index (χ3v) is 10.0. The van der Waals surface area contributed by atoms with Gasteiger partial charge in [-0.3, -0.25) is 4.79 Å². The van der Waals surface area contributed by atoms with E-state index in [4.69, 9.17) is 0 Å². The van der Waals surface area contributed by atoms with Crippen LogP contribution in [0.25, 0.3) is 10.2 Å². The highest BCUT2D eigenvalue weighted by Gasteiger charge is 2.32. The Morgan fingerprint density at radius 1 is 1.05 bits per heavy atom. The summed E-state index contributed by atoms with van der Waals surface area (Å²) in [4.78, 5) is 18.6. The molecule has 0 saturated carbocycles. The van der Waals surface area contributed by atoms with Gasteiger partial charge in [-0.05, 0) is 84.8 Å². The average Bonchev–Trinajstić information content (AvgIpc) is 3.32. The van der Waals surface area contributed by atoms with Gasteiger partial charge in [0.15, 0.2) is 0 Å². The highest BCUT2D eigenvalue weighted by atomic mass is 79.9. The molecule has 0 bridgehead atoms. The normalized spacial score (nSPS) is 18.6. The third-order valence-electron chi connectivity index (χ3n) is 6.67. The fraction of sp³-hybridized carbons (Fsp3) is 0.276. The lowest BCUT2D eigenvalue weighted by molar-refractivity contribution is 0.0987. The molecule has 2 atom stereocenters. The van der Waals surface area contributed by atoms with E-state index in [-0.39, 0.29) is 4.90 Å². The van der Waals surface area contributed by atoms with Gasteiger partial charge >= 0.3 is 0 Å². The largest absolute Gasteiger partial charge is 0.280 e. The van der Waals surface area contributed by atoms with Crippen molar-refractivity contribution in [1.82, 2.24) is 9.29 Å². The molecule has 39 heavy (non-hydrogen) atoms. The summed E-state index contributed by atoms with van der Waals surface area (Å²) in [6.45, 7) is 7.17. The zero-order chi connectivity index (χ0) is 27.7. The molecule has 1 aliphatic heterocycles. The van der Waals surface area contributed by atoms with Crippen LogP contribution >= 0.6 is 27.3 Å². The van der Waals surface area contributed by atoms with Gasteiger partial charge in [0, 0.05) is 23.1 Å². The van der Waals surface area contributed by atoms with Gasteiger partial charge in [0.1, 0.15) is 0 Å². The highest BCUT2D eigenvalue weighted by molar-refractivity contribution is 9.10. The molecular formula is C29H29BrN4O3S2. The Labute approximate surface area is 241 Å². The maximum atomic E-state index is 13.7. The molecule has 1 saturated heterocycles. The topological polar surface area (TPSA) is 82.9 Å². The summed E-state index contributed by atoms with van der Waals surface area (Å²) in [5, 5.41) is 6.22. The van der Waals surface area contributed by atoms with Crippen LogP contribution in [0.3, 0.4) is 0 Å². The molecular weight excluding hydrogens is 596 g/mol. The van der Waals surface area contributed by atoms with Gasteiger partial charge in [-0.2, -0.15) is 14.4 Å². The van der Waals surface area contributed by atoms with Crippen molar-refractivity contribution in [3.05, 3.63) is 87.9 Å². The zero-order valence-corrected chi connectivity index (χ0v) is 25.1. The van der Waals surface area contributed by atoms with Crippen LogP contribution in [0.5, 0.6) is 0 Å².